The highest BCUT2D eigenvalue weighted by Gasteiger charge is 2.32. The van der Waals surface area contributed by atoms with Crippen LogP contribution >= 0.6 is 11.6 Å². The van der Waals surface area contributed by atoms with Crippen LogP contribution in [0.4, 0.5) is 18.9 Å². The molecule has 0 spiro atoms. The third-order valence-corrected chi connectivity index (χ3v) is 6.73. The van der Waals surface area contributed by atoms with Crippen LogP contribution in [0.2, 0.25) is 5.02 Å². The number of carbonyl (C=O) groups excluding carboxylic acids is 1. The summed E-state index contributed by atoms with van der Waals surface area (Å²) in [6.45, 7) is 0.972. The molecule has 0 atom stereocenters. The van der Waals surface area contributed by atoms with Crippen molar-refractivity contribution in [1.82, 2.24) is 5.43 Å². The number of amides is 1. The van der Waals surface area contributed by atoms with E-state index in [4.69, 9.17) is 11.6 Å². The van der Waals surface area contributed by atoms with Crippen molar-refractivity contribution in [2.75, 3.05) is 10.8 Å². The molecule has 0 fully saturated rings. The van der Waals surface area contributed by atoms with E-state index < -0.39 is 34.2 Å². The molecule has 0 saturated heterocycles. The molecule has 1 N–H and O–H groups in total. The van der Waals surface area contributed by atoms with Gasteiger partial charge in [-0.15, -0.1) is 0 Å². The number of rotatable bonds is 7. The fourth-order valence-electron chi connectivity index (χ4n) is 3.08. The summed E-state index contributed by atoms with van der Waals surface area (Å²) in [6, 6.07) is 16.8. The summed E-state index contributed by atoms with van der Waals surface area (Å²) in [5.74, 6) is -0.861. The van der Waals surface area contributed by atoms with Crippen LogP contribution in [0.1, 0.15) is 16.7 Å². The van der Waals surface area contributed by atoms with Gasteiger partial charge in [-0.1, -0.05) is 54.1 Å². The summed E-state index contributed by atoms with van der Waals surface area (Å²) >= 11 is 6.06. The number of nitrogens with zero attached hydrogens (tertiary/aromatic N) is 2. The van der Waals surface area contributed by atoms with Crippen molar-refractivity contribution in [3.63, 3.8) is 0 Å². The Balaban J connectivity index is 1.89. The first-order valence-corrected chi connectivity index (χ1v) is 11.6. The van der Waals surface area contributed by atoms with E-state index in [1.807, 2.05) is 0 Å². The molecule has 34 heavy (non-hydrogen) atoms. The average molecular weight is 510 g/mol. The van der Waals surface area contributed by atoms with Gasteiger partial charge in [0.25, 0.3) is 15.9 Å². The minimum Gasteiger partial charge on any atom is -0.271 e. The van der Waals surface area contributed by atoms with Crippen LogP contribution < -0.4 is 9.73 Å². The van der Waals surface area contributed by atoms with E-state index in [2.05, 4.69) is 10.5 Å². The van der Waals surface area contributed by atoms with E-state index in [0.717, 1.165) is 16.6 Å². The molecule has 0 aliphatic carbocycles. The number of anilines is 1. The molecule has 0 aromatic heterocycles. The van der Waals surface area contributed by atoms with Crippen molar-refractivity contribution < 1.29 is 26.4 Å². The van der Waals surface area contributed by atoms with Crippen LogP contribution in [0.3, 0.4) is 0 Å². The largest absolute Gasteiger partial charge is 0.417 e. The summed E-state index contributed by atoms with van der Waals surface area (Å²) < 4.78 is 66.9. The van der Waals surface area contributed by atoms with Crippen molar-refractivity contribution in [2.45, 2.75) is 18.0 Å². The maximum atomic E-state index is 13.3. The SMILES string of the molecule is Cc1ccc(Cl)cc1N(CC(=O)NN=Cc1ccccc1C(F)(F)F)S(=O)(=O)c1ccccc1. The highest BCUT2D eigenvalue weighted by Crippen LogP contribution is 2.31. The first kappa shape index (κ1) is 25.3. The second-order valence-electron chi connectivity index (χ2n) is 7.13. The Hall–Kier alpha value is -3.37. The number of nitrogens with one attached hydrogen (secondary N) is 1. The Labute approximate surface area is 199 Å². The molecule has 0 saturated carbocycles. The van der Waals surface area contributed by atoms with E-state index in [-0.39, 0.29) is 21.2 Å². The van der Waals surface area contributed by atoms with Gasteiger partial charge in [0.15, 0.2) is 0 Å². The highest BCUT2D eigenvalue weighted by atomic mass is 35.5. The fraction of sp³-hybridized carbons (Fsp3) is 0.130. The van der Waals surface area contributed by atoms with Crippen molar-refractivity contribution >= 4 is 39.4 Å². The maximum Gasteiger partial charge on any atom is 0.417 e. The van der Waals surface area contributed by atoms with Crippen LogP contribution in [0, 0.1) is 6.92 Å². The summed E-state index contributed by atoms with van der Waals surface area (Å²) in [4.78, 5) is 12.5. The number of hydrogen-bond donors (Lipinski definition) is 1. The summed E-state index contributed by atoms with van der Waals surface area (Å²) in [7, 11) is -4.18. The van der Waals surface area contributed by atoms with Gasteiger partial charge in [-0.05, 0) is 42.8 Å². The number of benzene rings is 3. The zero-order valence-corrected chi connectivity index (χ0v) is 19.3. The molecule has 0 aliphatic heterocycles. The molecule has 3 rings (SSSR count). The Bertz CT molecular complexity index is 1310. The van der Waals surface area contributed by atoms with E-state index in [9.17, 15) is 26.4 Å². The van der Waals surface area contributed by atoms with Gasteiger partial charge in [0.1, 0.15) is 6.54 Å². The zero-order valence-electron chi connectivity index (χ0n) is 17.8. The summed E-state index contributed by atoms with van der Waals surface area (Å²) in [6.07, 6.45) is -3.75. The van der Waals surface area contributed by atoms with E-state index >= 15 is 0 Å². The van der Waals surface area contributed by atoms with Gasteiger partial charge in [-0.25, -0.2) is 13.8 Å². The lowest BCUT2D eigenvalue weighted by Gasteiger charge is -2.25. The summed E-state index contributed by atoms with van der Waals surface area (Å²) in [5.41, 5.74) is 1.64. The number of sulfonamides is 1. The second kappa shape index (κ2) is 10.3. The lowest BCUT2D eigenvalue weighted by atomic mass is 10.1. The van der Waals surface area contributed by atoms with Gasteiger partial charge >= 0.3 is 6.18 Å². The molecule has 0 unspecified atom stereocenters. The Morgan fingerprint density at radius 2 is 1.71 bits per heavy atom. The maximum absolute atomic E-state index is 13.3. The molecule has 11 heteroatoms. The van der Waals surface area contributed by atoms with Gasteiger partial charge in [0.2, 0.25) is 0 Å². The first-order chi connectivity index (χ1) is 16.0. The number of hydrazone groups is 1. The fourth-order valence-corrected chi connectivity index (χ4v) is 4.74. The molecule has 3 aromatic rings. The van der Waals surface area contributed by atoms with Crippen molar-refractivity contribution in [2.24, 2.45) is 5.10 Å². The van der Waals surface area contributed by atoms with Gasteiger partial charge in [-0.3, -0.25) is 9.10 Å². The lowest BCUT2D eigenvalue weighted by Crippen LogP contribution is -2.40. The van der Waals surface area contributed by atoms with E-state index in [1.54, 1.807) is 37.3 Å². The van der Waals surface area contributed by atoms with Crippen LogP contribution in [0.25, 0.3) is 0 Å². The quantitative estimate of drug-likeness (QED) is 0.359. The van der Waals surface area contributed by atoms with Gasteiger partial charge < -0.3 is 0 Å². The molecule has 0 bridgehead atoms. The van der Waals surface area contributed by atoms with Gasteiger partial charge in [0, 0.05) is 10.6 Å². The third kappa shape index (κ3) is 5.95. The number of aryl methyl sites for hydroxylation is 1. The van der Waals surface area contributed by atoms with Crippen LogP contribution in [-0.2, 0) is 21.0 Å². The van der Waals surface area contributed by atoms with E-state index in [0.29, 0.717) is 5.56 Å². The van der Waals surface area contributed by atoms with E-state index in [1.165, 1.54) is 36.4 Å². The number of alkyl halides is 3. The van der Waals surface area contributed by atoms with Crippen molar-refractivity contribution in [1.29, 1.82) is 0 Å². The molecule has 1 amide bonds. The zero-order chi connectivity index (χ0) is 24.9. The smallest absolute Gasteiger partial charge is 0.271 e. The minimum atomic E-state index is -4.60. The summed E-state index contributed by atoms with van der Waals surface area (Å²) in [5, 5.41) is 3.85. The van der Waals surface area contributed by atoms with Gasteiger partial charge in [-0.2, -0.15) is 18.3 Å². The Morgan fingerprint density at radius 1 is 1.06 bits per heavy atom. The second-order valence-corrected chi connectivity index (χ2v) is 9.43. The van der Waals surface area contributed by atoms with Crippen LogP contribution in [-0.4, -0.2) is 27.1 Å². The molecule has 6 nitrogen and oxygen atoms in total. The molecule has 178 valence electrons. The first-order valence-electron chi connectivity index (χ1n) is 9.82. The standard InChI is InChI=1S/C23H19ClF3N3O3S/c1-16-11-12-18(24)13-21(16)30(34(32,33)19-8-3-2-4-9-19)15-22(31)29-28-14-17-7-5-6-10-20(17)23(25,26)27/h2-14H,15H2,1H3,(H,29,31). The van der Waals surface area contributed by atoms with Gasteiger partial charge in [0.05, 0.1) is 22.4 Å². The third-order valence-electron chi connectivity index (χ3n) is 4.72. The molecule has 0 heterocycles. The topological polar surface area (TPSA) is 78.8 Å². The Morgan fingerprint density at radius 3 is 2.38 bits per heavy atom. The molecule has 3 aromatic carbocycles. The molecule has 0 aliphatic rings. The normalized spacial score (nSPS) is 12.0. The minimum absolute atomic E-state index is 0.0511. The van der Waals surface area contributed by atoms with Crippen LogP contribution in [0.5, 0.6) is 0 Å². The average Bonchev–Trinajstić information content (AvgIpc) is 2.79. The number of halogens is 4. The molecular weight excluding hydrogens is 491 g/mol. The predicted octanol–water partition coefficient (Wildman–Crippen LogP) is 5.01. The number of carbonyl (C=O) groups is 1. The predicted molar refractivity (Wildman–Crippen MR) is 124 cm³/mol. The van der Waals surface area contributed by atoms with Crippen molar-refractivity contribution in [3.05, 3.63) is 94.5 Å². The monoisotopic (exact) mass is 509 g/mol. The number of hydrogen-bond acceptors (Lipinski definition) is 4. The Kier molecular flexibility index (Phi) is 7.63. The molecule has 0 radical (unpaired) electrons. The van der Waals surface area contributed by atoms with Crippen LogP contribution in [0.15, 0.2) is 82.8 Å². The molecular formula is C23H19ClF3N3O3S. The van der Waals surface area contributed by atoms with Crippen molar-refractivity contribution in [3.8, 4) is 0 Å². The highest BCUT2D eigenvalue weighted by molar-refractivity contribution is 7.92. The lowest BCUT2D eigenvalue weighted by molar-refractivity contribution is -0.137.